The van der Waals surface area contributed by atoms with Crippen molar-refractivity contribution in [3.63, 3.8) is 0 Å². The summed E-state index contributed by atoms with van der Waals surface area (Å²) in [5, 5.41) is 4.11. The zero-order valence-corrected chi connectivity index (χ0v) is 18.3. The number of hydrogen-bond donors (Lipinski definition) is 1. The predicted octanol–water partition coefficient (Wildman–Crippen LogP) is 4.82. The van der Waals surface area contributed by atoms with Crippen molar-refractivity contribution >= 4 is 38.2 Å². The van der Waals surface area contributed by atoms with Gasteiger partial charge in [0.1, 0.15) is 6.54 Å². The second-order valence-electron chi connectivity index (χ2n) is 7.90. The van der Waals surface area contributed by atoms with Crippen LogP contribution in [0.5, 0.6) is 0 Å². The number of nitrogens with zero attached hydrogens (tertiary/aromatic N) is 1. The average molecular weight is 445 g/mol. The van der Waals surface area contributed by atoms with Crippen LogP contribution in [0.25, 0.3) is 10.9 Å². The molecule has 3 aromatic rings. The summed E-state index contributed by atoms with van der Waals surface area (Å²) >= 11 is 5.91. The summed E-state index contributed by atoms with van der Waals surface area (Å²) in [5.41, 5.74) is 0.720. The second-order valence-corrected chi connectivity index (χ2v) is 10.3. The number of halogens is 1. The lowest BCUT2D eigenvalue weighted by Gasteiger charge is -2.21. The van der Waals surface area contributed by atoms with Crippen molar-refractivity contribution in [1.29, 1.82) is 0 Å². The number of sulfone groups is 1. The molecule has 1 heterocycles. The number of rotatable bonds is 6. The quantitative estimate of drug-likeness (QED) is 0.592. The standard InChI is InChI=1S/C23H25ClN2O3S/c24-18-10-12-19(13-11-18)30(28,29)22-15-26(21-9-5-4-8-20(21)22)16-23(27)25-14-17-6-2-1-3-7-17/h4-5,8-13,15,17H,1-3,6-7,14,16H2,(H,25,27). The summed E-state index contributed by atoms with van der Waals surface area (Å²) < 4.78 is 28.2. The van der Waals surface area contributed by atoms with Crippen LogP contribution in [-0.2, 0) is 21.2 Å². The minimum Gasteiger partial charge on any atom is -0.354 e. The van der Waals surface area contributed by atoms with Crippen molar-refractivity contribution in [3.8, 4) is 0 Å². The Bertz CT molecular complexity index is 1150. The van der Waals surface area contributed by atoms with E-state index >= 15 is 0 Å². The molecule has 1 saturated carbocycles. The van der Waals surface area contributed by atoms with Gasteiger partial charge in [-0.1, -0.05) is 49.1 Å². The summed E-state index contributed by atoms with van der Waals surface area (Å²) in [5.74, 6) is 0.446. The third-order valence-corrected chi connectivity index (χ3v) is 7.84. The SMILES string of the molecule is O=C(Cn1cc(S(=O)(=O)c2ccc(Cl)cc2)c2ccccc21)NCC1CCCCC1. The molecule has 0 bridgehead atoms. The van der Waals surface area contributed by atoms with E-state index in [0.29, 0.717) is 22.9 Å². The molecule has 1 aliphatic carbocycles. The van der Waals surface area contributed by atoms with E-state index in [1.165, 1.54) is 31.4 Å². The third-order valence-electron chi connectivity index (χ3n) is 5.79. The highest BCUT2D eigenvalue weighted by Crippen LogP contribution is 2.30. The fourth-order valence-electron chi connectivity index (χ4n) is 4.16. The molecule has 30 heavy (non-hydrogen) atoms. The smallest absolute Gasteiger partial charge is 0.239 e. The van der Waals surface area contributed by atoms with Crippen LogP contribution < -0.4 is 5.32 Å². The molecule has 1 N–H and O–H groups in total. The Morgan fingerprint density at radius 3 is 2.47 bits per heavy atom. The number of fused-ring (bicyclic) bond motifs is 1. The summed E-state index contributed by atoms with van der Waals surface area (Å²) in [6.07, 6.45) is 7.63. The molecule has 1 aromatic heterocycles. The van der Waals surface area contributed by atoms with Crippen molar-refractivity contribution in [3.05, 3.63) is 59.8 Å². The number of benzene rings is 2. The Labute approximate surface area is 182 Å². The molecule has 5 nitrogen and oxygen atoms in total. The highest BCUT2D eigenvalue weighted by molar-refractivity contribution is 7.91. The summed E-state index contributed by atoms with van der Waals surface area (Å²) in [6, 6.07) is 13.4. The van der Waals surface area contributed by atoms with Gasteiger partial charge in [-0.15, -0.1) is 0 Å². The number of hydrogen-bond acceptors (Lipinski definition) is 3. The molecule has 1 amide bonds. The van der Waals surface area contributed by atoms with E-state index in [2.05, 4.69) is 5.32 Å². The molecule has 0 atom stereocenters. The van der Waals surface area contributed by atoms with Crippen LogP contribution in [0, 0.1) is 5.92 Å². The van der Waals surface area contributed by atoms with Gasteiger partial charge in [0, 0.05) is 28.7 Å². The fourth-order valence-corrected chi connectivity index (χ4v) is 5.76. The summed E-state index contributed by atoms with van der Waals surface area (Å²) in [7, 11) is -3.74. The first-order valence-corrected chi connectivity index (χ1v) is 12.2. The zero-order valence-electron chi connectivity index (χ0n) is 16.7. The van der Waals surface area contributed by atoms with E-state index in [0.717, 1.165) is 18.4 Å². The number of carbonyl (C=O) groups is 1. The molecule has 0 aliphatic heterocycles. The Morgan fingerprint density at radius 1 is 1.03 bits per heavy atom. The summed E-state index contributed by atoms with van der Waals surface area (Å²) in [6.45, 7) is 0.775. The Hall–Kier alpha value is -2.31. The van der Waals surface area contributed by atoms with Crippen LogP contribution in [-0.4, -0.2) is 25.4 Å². The molecule has 1 aliphatic rings. The highest BCUT2D eigenvalue weighted by atomic mass is 35.5. The van der Waals surface area contributed by atoms with Crippen molar-refractivity contribution in [2.75, 3.05) is 6.54 Å². The van der Waals surface area contributed by atoms with Crippen LogP contribution in [0.2, 0.25) is 5.02 Å². The maximum absolute atomic E-state index is 13.2. The van der Waals surface area contributed by atoms with Gasteiger partial charge in [0.05, 0.1) is 9.79 Å². The predicted molar refractivity (Wildman–Crippen MR) is 118 cm³/mol. The zero-order chi connectivity index (χ0) is 21.1. The lowest BCUT2D eigenvalue weighted by molar-refractivity contribution is -0.121. The molecule has 158 valence electrons. The average Bonchev–Trinajstić information content (AvgIpc) is 3.13. The Kier molecular flexibility index (Phi) is 6.16. The number of aromatic nitrogens is 1. The lowest BCUT2D eigenvalue weighted by atomic mass is 9.89. The molecule has 7 heteroatoms. The van der Waals surface area contributed by atoms with E-state index < -0.39 is 9.84 Å². The van der Waals surface area contributed by atoms with Gasteiger partial charge in [0.2, 0.25) is 15.7 Å². The van der Waals surface area contributed by atoms with Gasteiger partial charge in [-0.05, 0) is 49.1 Å². The number of para-hydroxylation sites is 1. The number of nitrogens with one attached hydrogen (secondary N) is 1. The number of carbonyl (C=O) groups excluding carboxylic acids is 1. The van der Waals surface area contributed by atoms with Crippen molar-refractivity contribution in [2.45, 2.75) is 48.4 Å². The molecular formula is C23H25ClN2O3S. The van der Waals surface area contributed by atoms with Gasteiger partial charge < -0.3 is 9.88 Å². The first-order chi connectivity index (χ1) is 14.4. The molecule has 4 rings (SSSR count). The lowest BCUT2D eigenvalue weighted by Crippen LogP contribution is -2.32. The largest absolute Gasteiger partial charge is 0.354 e. The molecular weight excluding hydrogens is 420 g/mol. The van der Waals surface area contributed by atoms with Crippen LogP contribution in [0.3, 0.4) is 0 Å². The molecule has 0 unspecified atom stereocenters. The topological polar surface area (TPSA) is 68.2 Å². The van der Waals surface area contributed by atoms with Crippen LogP contribution in [0.1, 0.15) is 32.1 Å². The minimum absolute atomic E-state index is 0.0867. The van der Waals surface area contributed by atoms with Gasteiger partial charge in [0.25, 0.3) is 0 Å². The van der Waals surface area contributed by atoms with E-state index in [1.807, 2.05) is 12.1 Å². The van der Waals surface area contributed by atoms with Gasteiger partial charge >= 0.3 is 0 Å². The van der Waals surface area contributed by atoms with Gasteiger partial charge in [-0.3, -0.25) is 4.79 Å². The maximum atomic E-state index is 13.2. The monoisotopic (exact) mass is 444 g/mol. The van der Waals surface area contributed by atoms with Gasteiger partial charge in [0.15, 0.2) is 0 Å². The van der Waals surface area contributed by atoms with E-state index in [-0.39, 0.29) is 22.2 Å². The number of amides is 1. The van der Waals surface area contributed by atoms with E-state index in [9.17, 15) is 13.2 Å². The second kappa shape index (κ2) is 8.82. The Balaban J connectivity index is 1.59. The van der Waals surface area contributed by atoms with E-state index in [1.54, 1.807) is 35.0 Å². The molecule has 0 spiro atoms. The van der Waals surface area contributed by atoms with Gasteiger partial charge in [-0.2, -0.15) is 0 Å². The molecule has 0 saturated heterocycles. The molecule has 2 aromatic carbocycles. The van der Waals surface area contributed by atoms with Gasteiger partial charge in [-0.25, -0.2) is 8.42 Å². The van der Waals surface area contributed by atoms with Crippen LogP contribution >= 0.6 is 11.6 Å². The van der Waals surface area contributed by atoms with Crippen molar-refractivity contribution < 1.29 is 13.2 Å². The fraction of sp³-hybridized carbons (Fsp3) is 0.348. The van der Waals surface area contributed by atoms with E-state index in [4.69, 9.17) is 11.6 Å². The first kappa shape index (κ1) is 20.9. The maximum Gasteiger partial charge on any atom is 0.239 e. The minimum atomic E-state index is -3.74. The van der Waals surface area contributed by atoms with Crippen molar-refractivity contribution in [1.82, 2.24) is 9.88 Å². The Morgan fingerprint density at radius 2 is 1.73 bits per heavy atom. The van der Waals surface area contributed by atoms with Crippen LogP contribution in [0.15, 0.2) is 64.5 Å². The van der Waals surface area contributed by atoms with Crippen LogP contribution in [0.4, 0.5) is 0 Å². The molecule has 0 radical (unpaired) electrons. The molecule has 1 fully saturated rings. The first-order valence-electron chi connectivity index (χ1n) is 10.3. The third kappa shape index (κ3) is 4.40. The highest BCUT2D eigenvalue weighted by Gasteiger charge is 2.24. The van der Waals surface area contributed by atoms with Crippen molar-refractivity contribution in [2.24, 2.45) is 5.92 Å². The normalized spacial score (nSPS) is 15.4. The summed E-state index contributed by atoms with van der Waals surface area (Å²) in [4.78, 5) is 12.9.